The standard InChI is InChI=1S/C14H24N2O/c1-5-11(8-15)14(16)13-10(3)6-9(2)7-12(13)17-4/h6-7,11,14H,5,8,15-16H2,1-4H3. The Morgan fingerprint density at radius 3 is 2.41 bits per heavy atom. The third-order valence-electron chi connectivity index (χ3n) is 3.38. The van der Waals surface area contributed by atoms with Crippen molar-refractivity contribution in [3.8, 4) is 5.75 Å². The third-order valence-corrected chi connectivity index (χ3v) is 3.38. The van der Waals surface area contributed by atoms with Crippen molar-refractivity contribution in [1.29, 1.82) is 0 Å². The predicted molar refractivity (Wildman–Crippen MR) is 72.2 cm³/mol. The number of methoxy groups -OCH3 is 1. The maximum Gasteiger partial charge on any atom is 0.124 e. The molecule has 3 nitrogen and oxygen atoms in total. The highest BCUT2D eigenvalue weighted by molar-refractivity contribution is 5.45. The summed E-state index contributed by atoms with van der Waals surface area (Å²) in [5.41, 5.74) is 15.6. The van der Waals surface area contributed by atoms with Gasteiger partial charge >= 0.3 is 0 Å². The van der Waals surface area contributed by atoms with Crippen LogP contribution >= 0.6 is 0 Å². The van der Waals surface area contributed by atoms with Crippen molar-refractivity contribution in [2.24, 2.45) is 17.4 Å². The highest BCUT2D eigenvalue weighted by Gasteiger charge is 2.22. The molecule has 0 aromatic heterocycles. The molecule has 0 heterocycles. The Bertz CT molecular complexity index is 373. The van der Waals surface area contributed by atoms with E-state index in [1.807, 2.05) is 6.07 Å². The fourth-order valence-corrected chi connectivity index (χ4v) is 2.34. The van der Waals surface area contributed by atoms with Crippen LogP contribution in [0.15, 0.2) is 12.1 Å². The number of benzene rings is 1. The van der Waals surface area contributed by atoms with Crippen molar-refractivity contribution in [2.45, 2.75) is 33.2 Å². The van der Waals surface area contributed by atoms with Crippen LogP contribution in [0.3, 0.4) is 0 Å². The van der Waals surface area contributed by atoms with Crippen LogP contribution in [-0.2, 0) is 0 Å². The second-order valence-corrected chi connectivity index (χ2v) is 4.63. The van der Waals surface area contributed by atoms with E-state index in [9.17, 15) is 0 Å². The Balaban J connectivity index is 3.19. The molecule has 0 amide bonds. The summed E-state index contributed by atoms with van der Waals surface area (Å²) in [6, 6.07) is 4.12. The topological polar surface area (TPSA) is 61.3 Å². The first kappa shape index (κ1) is 14.0. The van der Waals surface area contributed by atoms with E-state index in [4.69, 9.17) is 16.2 Å². The molecule has 0 bridgehead atoms. The summed E-state index contributed by atoms with van der Waals surface area (Å²) in [5.74, 6) is 1.17. The van der Waals surface area contributed by atoms with Crippen LogP contribution in [0.2, 0.25) is 0 Å². The number of ether oxygens (including phenoxy) is 1. The van der Waals surface area contributed by atoms with E-state index in [-0.39, 0.29) is 6.04 Å². The zero-order valence-corrected chi connectivity index (χ0v) is 11.3. The molecule has 2 atom stereocenters. The number of hydrogen-bond acceptors (Lipinski definition) is 3. The van der Waals surface area contributed by atoms with Gasteiger partial charge in [-0.05, 0) is 43.5 Å². The van der Waals surface area contributed by atoms with E-state index >= 15 is 0 Å². The molecule has 0 fully saturated rings. The first-order valence-electron chi connectivity index (χ1n) is 6.15. The van der Waals surface area contributed by atoms with Crippen molar-refractivity contribution in [3.05, 3.63) is 28.8 Å². The van der Waals surface area contributed by atoms with Gasteiger partial charge < -0.3 is 16.2 Å². The normalized spacial score (nSPS) is 14.5. The summed E-state index contributed by atoms with van der Waals surface area (Å²) in [5, 5.41) is 0. The van der Waals surface area contributed by atoms with E-state index in [2.05, 4.69) is 26.8 Å². The van der Waals surface area contributed by atoms with Gasteiger partial charge in [0.05, 0.1) is 7.11 Å². The lowest BCUT2D eigenvalue weighted by atomic mass is 9.88. The molecule has 0 saturated heterocycles. The Hall–Kier alpha value is -1.06. The molecule has 1 rings (SSSR count). The van der Waals surface area contributed by atoms with Crippen LogP contribution in [0.25, 0.3) is 0 Å². The fourth-order valence-electron chi connectivity index (χ4n) is 2.34. The predicted octanol–water partition coefficient (Wildman–Crippen LogP) is 2.30. The van der Waals surface area contributed by atoms with Crippen LogP contribution < -0.4 is 16.2 Å². The molecule has 1 aromatic rings. The molecule has 0 aliphatic heterocycles. The Kier molecular flexibility index (Phi) is 4.97. The number of hydrogen-bond donors (Lipinski definition) is 2. The van der Waals surface area contributed by atoms with Gasteiger partial charge in [-0.3, -0.25) is 0 Å². The second-order valence-electron chi connectivity index (χ2n) is 4.63. The van der Waals surface area contributed by atoms with E-state index in [1.54, 1.807) is 7.11 Å². The Morgan fingerprint density at radius 2 is 1.94 bits per heavy atom. The van der Waals surface area contributed by atoms with Crippen LogP contribution in [-0.4, -0.2) is 13.7 Å². The molecular weight excluding hydrogens is 212 g/mol. The minimum atomic E-state index is -0.0550. The molecule has 0 aliphatic rings. The van der Waals surface area contributed by atoms with E-state index < -0.39 is 0 Å². The zero-order chi connectivity index (χ0) is 13.0. The van der Waals surface area contributed by atoms with Gasteiger partial charge in [0.1, 0.15) is 5.75 Å². The Labute approximate surface area is 104 Å². The molecule has 96 valence electrons. The van der Waals surface area contributed by atoms with E-state index in [0.717, 1.165) is 17.7 Å². The van der Waals surface area contributed by atoms with Gasteiger partial charge in [0.2, 0.25) is 0 Å². The van der Waals surface area contributed by atoms with Crippen molar-refractivity contribution >= 4 is 0 Å². The number of nitrogens with two attached hydrogens (primary N) is 2. The highest BCUT2D eigenvalue weighted by atomic mass is 16.5. The van der Waals surface area contributed by atoms with Gasteiger partial charge in [-0.2, -0.15) is 0 Å². The average Bonchev–Trinajstić information content (AvgIpc) is 2.29. The molecule has 0 saturated carbocycles. The zero-order valence-electron chi connectivity index (χ0n) is 11.3. The molecule has 17 heavy (non-hydrogen) atoms. The molecule has 1 aromatic carbocycles. The van der Waals surface area contributed by atoms with Gasteiger partial charge in [-0.15, -0.1) is 0 Å². The monoisotopic (exact) mass is 236 g/mol. The highest BCUT2D eigenvalue weighted by Crippen LogP contribution is 2.33. The van der Waals surface area contributed by atoms with Crippen molar-refractivity contribution < 1.29 is 4.74 Å². The minimum absolute atomic E-state index is 0.0550. The largest absolute Gasteiger partial charge is 0.496 e. The van der Waals surface area contributed by atoms with Crippen LogP contribution in [0, 0.1) is 19.8 Å². The van der Waals surface area contributed by atoms with Crippen molar-refractivity contribution in [2.75, 3.05) is 13.7 Å². The molecular formula is C14H24N2O. The third kappa shape index (κ3) is 2.99. The maximum absolute atomic E-state index is 6.33. The molecule has 2 unspecified atom stereocenters. The SMILES string of the molecule is CCC(CN)C(N)c1c(C)cc(C)cc1OC. The summed E-state index contributed by atoms with van der Waals surface area (Å²) in [6.07, 6.45) is 0.980. The van der Waals surface area contributed by atoms with Crippen LogP contribution in [0.4, 0.5) is 0 Å². The summed E-state index contributed by atoms with van der Waals surface area (Å²) in [7, 11) is 1.69. The van der Waals surface area contributed by atoms with Crippen LogP contribution in [0.5, 0.6) is 5.75 Å². The van der Waals surface area contributed by atoms with Gasteiger partial charge in [0.25, 0.3) is 0 Å². The summed E-state index contributed by atoms with van der Waals surface area (Å²) >= 11 is 0. The molecule has 0 aliphatic carbocycles. The molecule has 4 N–H and O–H groups in total. The average molecular weight is 236 g/mol. The fraction of sp³-hybridized carbons (Fsp3) is 0.571. The molecule has 3 heteroatoms. The first-order valence-corrected chi connectivity index (χ1v) is 6.15. The first-order chi connectivity index (χ1) is 8.04. The smallest absolute Gasteiger partial charge is 0.124 e. The number of aryl methyl sites for hydroxylation is 2. The minimum Gasteiger partial charge on any atom is -0.496 e. The van der Waals surface area contributed by atoms with Crippen molar-refractivity contribution in [3.63, 3.8) is 0 Å². The maximum atomic E-state index is 6.33. The van der Waals surface area contributed by atoms with Gasteiger partial charge in [-0.1, -0.05) is 19.4 Å². The number of rotatable bonds is 5. The lowest BCUT2D eigenvalue weighted by molar-refractivity contribution is 0.379. The van der Waals surface area contributed by atoms with Crippen molar-refractivity contribution in [1.82, 2.24) is 0 Å². The van der Waals surface area contributed by atoms with Gasteiger partial charge in [0.15, 0.2) is 0 Å². The lowest BCUT2D eigenvalue weighted by Crippen LogP contribution is -2.28. The Morgan fingerprint density at radius 1 is 1.29 bits per heavy atom. The van der Waals surface area contributed by atoms with Crippen LogP contribution in [0.1, 0.15) is 36.1 Å². The summed E-state index contributed by atoms with van der Waals surface area (Å²) in [6.45, 7) is 6.86. The lowest BCUT2D eigenvalue weighted by Gasteiger charge is -2.25. The molecule has 0 radical (unpaired) electrons. The summed E-state index contributed by atoms with van der Waals surface area (Å²) < 4.78 is 5.45. The second kappa shape index (κ2) is 6.03. The van der Waals surface area contributed by atoms with Gasteiger partial charge in [-0.25, -0.2) is 0 Å². The quantitative estimate of drug-likeness (QED) is 0.824. The van der Waals surface area contributed by atoms with E-state index in [1.165, 1.54) is 11.1 Å². The molecule has 0 spiro atoms. The van der Waals surface area contributed by atoms with E-state index in [0.29, 0.717) is 12.5 Å². The summed E-state index contributed by atoms with van der Waals surface area (Å²) in [4.78, 5) is 0. The van der Waals surface area contributed by atoms with Gasteiger partial charge in [0, 0.05) is 11.6 Å².